The van der Waals surface area contributed by atoms with Crippen molar-refractivity contribution in [2.24, 2.45) is 0 Å². The van der Waals surface area contributed by atoms with Crippen molar-refractivity contribution in [2.45, 2.75) is 88.4 Å². The van der Waals surface area contributed by atoms with Crippen LogP contribution >= 0.6 is 0 Å². The molecule has 0 saturated carbocycles. The maximum Gasteiger partial charge on any atom is 0.333 e. The highest BCUT2D eigenvalue weighted by Crippen LogP contribution is 2.51. The predicted octanol–water partition coefficient (Wildman–Crippen LogP) is 5.40. The molecule has 18 nitrogen and oxygen atoms in total. The largest absolute Gasteiger partial charge is 0.492 e. The molecule has 0 fully saturated rings. The van der Waals surface area contributed by atoms with E-state index in [1.54, 1.807) is 25.3 Å². The highest BCUT2D eigenvalue weighted by molar-refractivity contribution is 7.86. The Kier molecular flexibility index (Phi) is 16.2. The van der Waals surface area contributed by atoms with Gasteiger partial charge in [0.1, 0.15) is 24.7 Å². The first kappa shape index (κ1) is 51.0. The molecule has 1 unspecified atom stereocenters. The van der Waals surface area contributed by atoms with Crippen LogP contribution in [0, 0.1) is 0 Å². The zero-order chi connectivity index (χ0) is 48.0. The highest BCUT2D eigenvalue weighted by Gasteiger charge is 2.43. The fourth-order valence-electron chi connectivity index (χ4n) is 8.00. The molecule has 3 aliphatic rings. The van der Waals surface area contributed by atoms with Gasteiger partial charge in [0.25, 0.3) is 30.4 Å². The van der Waals surface area contributed by atoms with Gasteiger partial charge in [-0.1, -0.05) is 33.3 Å². The van der Waals surface area contributed by atoms with Crippen molar-refractivity contribution >= 4 is 48.1 Å². The fraction of sp³-hybridized carbons (Fsp3) is 0.455. The van der Waals surface area contributed by atoms with E-state index in [4.69, 9.17) is 14.0 Å². The summed E-state index contributed by atoms with van der Waals surface area (Å²) < 4.78 is 115. The Hall–Kier alpha value is -5.03. The van der Waals surface area contributed by atoms with Crippen LogP contribution in [0.15, 0.2) is 81.8 Å². The van der Waals surface area contributed by atoms with E-state index in [0.29, 0.717) is 78.7 Å². The van der Waals surface area contributed by atoms with Crippen LogP contribution in [0.25, 0.3) is 17.4 Å². The summed E-state index contributed by atoms with van der Waals surface area (Å²) in [6.07, 6.45) is 7.07. The molecule has 3 heterocycles. The van der Waals surface area contributed by atoms with Crippen molar-refractivity contribution < 1.29 is 67.9 Å². The van der Waals surface area contributed by atoms with E-state index in [1.165, 1.54) is 24.3 Å². The number of rotatable bonds is 21. The Morgan fingerprint density at radius 1 is 0.846 bits per heavy atom. The second-order valence-corrected chi connectivity index (χ2v) is 21.7. The zero-order valence-corrected chi connectivity index (χ0v) is 39.5. The van der Waals surface area contributed by atoms with Gasteiger partial charge in [-0.25, -0.2) is 9.37 Å². The predicted molar refractivity (Wildman–Crippen MR) is 243 cm³/mol. The minimum Gasteiger partial charge on any atom is -0.492 e. The lowest BCUT2D eigenvalue weighted by atomic mass is 9.77. The van der Waals surface area contributed by atoms with E-state index < -0.39 is 65.0 Å². The molecule has 2 aromatic rings. The molecule has 1 aromatic heterocycles. The minimum absolute atomic E-state index is 0.00286. The Morgan fingerprint density at radius 2 is 1.52 bits per heavy atom. The molecule has 0 amide bonds. The second kappa shape index (κ2) is 20.6. The van der Waals surface area contributed by atoms with Crippen molar-refractivity contribution in [3.63, 3.8) is 0 Å². The molecule has 21 heteroatoms. The lowest BCUT2D eigenvalue weighted by Crippen LogP contribution is -2.34. The van der Waals surface area contributed by atoms with Crippen LogP contribution in [0.1, 0.15) is 89.5 Å². The number of nitrogens with zero attached hydrogens (tertiary/aromatic N) is 3. The summed E-state index contributed by atoms with van der Waals surface area (Å²) in [4.78, 5) is 19.2. The van der Waals surface area contributed by atoms with Gasteiger partial charge in [-0.15, -0.1) is 4.73 Å². The topological polar surface area (TPSA) is 263 Å². The summed E-state index contributed by atoms with van der Waals surface area (Å²) in [5, 5.41) is 20.4. The van der Waals surface area contributed by atoms with Crippen molar-refractivity contribution in [1.29, 1.82) is 0 Å². The molecular formula is C44H58N3O15S3+. The summed E-state index contributed by atoms with van der Waals surface area (Å²) in [6.45, 7) is 9.52. The lowest BCUT2D eigenvalue weighted by Gasteiger charge is -2.30. The SMILES string of the molecule is COCC[N+](CCCS(=O)(=O)O)=c1ccc2c(C(C)(C)C)cc(C=CC=C3N(CCCCCC(=O)On4c(O)ccc4O)c4ccc(S(=O)(=O)O)cc4C3(C)CCCS(=O)(=O)O)oc-2c1. The van der Waals surface area contributed by atoms with Crippen LogP contribution in [0.5, 0.6) is 11.8 Å². The third-order valence-electron chi connectivity index (χ3n) is 11.2. The Labute approximate surface area is 379 Å². The number of benzene rings is 2. The monoisotopic (exact) mass is 964 g/mol. The summed E-state index contributed by atoms with van der Waals surface area (Å²) in [6, 6.07) is 14.2. The Morgan fingerprint density at radius 3 is 2.15 bits per heavy atom. The van der Waals surface area contributed by atoms with Gasteiger partial charge < -0.3 is 29.1 Å². The molecule has 356 valence electrons. The smallest absolute Gasteiger partial charge is 0.333 e. The number of methoxy groups -OCH3 is 1. The van der Waals surface area contributed by atoms with E-state index >= 15 is 0 Å². The number of allylic oxidation sites excluding steroid dienone is 3. The van der Waals surface area contributed by atoms with Crippen LogP contribution in [0.4, 0.5) is 5.69 Å². The second-order valence-electron chi connectivity index (χ2n) is 17.2. The van der Waals surface area contributed by atoms with Gasteiger partial charge in [0, 0.05) is 67.1 Å². The molecule has 2 aliphatic heterocycles. The van der Waals surface area contributed by atoms with E-state index in [2.05, 4.69) is 20.8 Å². The number of hydrogen-bond donors (Lipinski definition) is 5. The van der Waals surface area contributed by atoms with Crippen LogP contribution in [-0.2, 0) is 50.7 Å². The van der Waals surface area contributed by atoms with Crippen molar-refractivity contribution in [2.75, 3.05) is 49.8 Å². The fourth-order valence-corrected chi connectivity index (χ4v) is 9.51. The number of carbonyl (C=O) groups is 1. The number of unbranched alkanes of at least 4 members (excludes halogenated alkanes) is 2. The minimum atomic E-state index is -4.64. The summed E-state index contributed by atoms with van der Waals surface area (Å²) >= 11 is 0. The third kappa shape index (κ3) is 13.5. The Balaban J connectivity index is 1.55. The maximum atomic E-state index is 12.5. The van der Waals surface area contributed by atoms with Gasteiger partial charge in [-0.2, -0.15) is 25.3 Å². The van der Waals surface area contributed by atoms with E-state index in [0.717, 1.165) is 16.5 Å². The highest BCUT2D eigenvalue weighted by atomic mass is 32.2. The van der Waals surface area contributed by atoms with Gasteiger partial charge in [0.15, 0.2) is 6.54 Å². The first-order chi connectivity index (χ1) is 30.3. The number of hydrogen-bond acceptors (Lipinski definition) is 13. The normalized spacial score (nSPS) is 17.0. The molecule has 0 radical (unpaired) electrons. The number of ether oxygens (including phenoxy) is 1. The summed E-state index contributed by atoms with van der Waals surface area (Å²) in [5.41, 5.74) is 2.22. The van der Waals surface area contributed by atoms with Crippen molar-refractivity contribution in [3.8, 4) is 23.1 Å². The molecular weight excluding hydrogens is 907 g/mol. The first-order valence-corrected chi connectivity index (χ1v) is 25.6. The standard InChI is InChI=1S/C44H57N3O15S3/c1-43(2,3)35-29-32(61-38-28-31(15-17-34(35)38)45(24-25-60-5)22-11-27-64(54,55)56)12-9-13-39-44(4,21-10-26-63(51,52)53)36-30-33(65(57,58)59)16-18-37(36)46(39)23-8-6-7-14-42(50)62-47-40(48)19-20-41(47)49/h9,12-13,15-20,28-30H,6-8,10-11,14,21-27H2,1-5H3,(H4-,48,49,51,52,53,54,55,56,57,58,59)/p+1. The Bertz CT molecular complexity index is 2780. The van der Waals surface area contributed by atoms with E-state index in [1.807, 2.05) is 46.7 Å². The van der Waals surface area contributed by atoms with Gasteiger partial charge in [-0.05, 0) is 91.6 Å². The summed E-state index contributed by atoms with van der Waals surface area (Å²) in [7, 11) is -11.6. The van der Waals surface area contributed by atoms with Crippen LogP contribution < -0.4 is 19.7 Å². The van der Waals surface area contributed by atoms with Gasteiger partial charge in [0.05, 0.1) is 22.5 Å². The molecule has 65 heavy (non-hydrogen) atoms. The third-order valence-corrected chi connectivity index (χ3v) is 13.7. The first-order valence-electron chi connectivity index (χ1n) is 21.0. The van der Waals surface area contributed by atoms with Gasteiger partial charge in [0.2, 0.25) is 17.1 Å². The van der Waals surface area contributed by atoms with Crippen molar-refractivity contribution in [1.82, 2.24) is 9.31 Å². The van der Waals surface area contributed by atoms with Crippen LogP contribution in [-0.4, -0.2) is 105 Å². The average molecular weight is 965 g/mol. The molecule has 0 saturated heterocycles. The molecule has 5 rings (SSSR count). The van der Waals surface area contributed by atoms with Crippen LogP contribution in [0.2, 0.25) is 0 Å². The molecule has 1 atom stereocenters. The van der Waals surface area contributed by atoms with Gasteiger partial charge in [-0.3, -0.25) is 13.7 Å². The molecule has 5 N–H and O–H groups in total. The number of anilines is 1. The van der Waals surface area contributed by atoms with Crippen molar-refractivity contribution in [3.05, 3.63) is 94.7 Å². The molecule has 0 bridgehead atoms. The number of aromatic nitrogens is 1. The maximum absolute atomic E-state index is 12.5. The average Bonchev–Trinajstić information content (AvgIpc) is 3.63. The number of carbonyl (C=O) groups excluding carboxylic acids is 1. The molecule has 1 aliphatic carbocycles. The van der Waals surface area contributed by atoms with E-state index in [-0.39, 0.29) is 36.0 Å². The number of aromatic hydroxyl groups is 2. The quantitative estimate of drug-likeness (QED) is 0.0398. The molecule has 0 spiro atoms. The zero-order valence-electron chi connectivity index (χ0n) is 37.0. The molecule has 1 aromatic carbocycles. The van der Waals surface area contributed by atoms with E-state index in [9.17, 15) is 53.9 Å². The summed E-state index contributed by atoms with van der Waals surface area (Å²) in [5.74, 6) is -1.50. The lowest BCUT2D eigenvalue weighted by molar-refractivity contribution is -0.145. The van der Waals surface area contributed by atoms with Gasteiger partial charge >= 0.3 is 5.97 Å². The number of fused-ring (bicyclic) bond motifs is 2. The van der Waals surface area contributed by atoms with Crippen LogP contribution in [0.3, 0.4) is 0 Å².